The number of hydrogen-bond donors (Lipinski definition) is 2. The highest BCUT2D eigenvalue weighted by Crippen LogP contribution is 2.10. The molecule has 0 unspecified atom stereocenters. The van der Waals surface area contributed by atoms with E-state index < -0.39 is 0 Å². The Bertz CT molecular complexity index is 780. The van der Waals surface area contributed by atoms with Crippen molar-refractivity contribution in [2.75, 3.05) is 0 Å². The minimum absolute atomic E-state index is 0.0665. The fraction of sp³-hybridized carbons (Fsp3) is 0.111. The second-order valence-electron chi connectivity index (χ2n) is 5.25. The first-order chi connectivity index (χ1) is 11.2. The van der Waals surface area contributed by atoms with E-state index in [1.807, 2.05) is 36.5 Å². The molecular formula is C18H17N3O2. The summed E-state index contributed by atoms with van der Waals surface area (Å²) >= 11 is 0. The summed E-state index contributed by atoms with van der Waals surface area (Å²) in [6.45, 7) is 0.434. The van der Waals surface area contributed by atoms with E-state index in [1.165, 1.54) is 0 Å². The van der Waals surface area contributed by atoms with Gasteiger partial charge < -0.3 is 10.4 Å². The maximum atomic E-state index is 11.9. The zero-order chi connectivity index (χ0) is 16.1. The molecule has 0 spiro atoms. The van der Waals surface area contributed by atoms with Crippen LogP contribution in [0.5, 0.6) is 5.75 Å². The summed E-state index contributed by atoms with van der Waals surface area (Å²) in [5.74, 6) is 0.130. The van der Waals surface area contributed by atoms with Gasteiger partial charge in [0.15, 0.2) is 0 Å². The van der Waals surface area contributed by atoms with Crippen LogP contribution in [0.2, 0.25) is 0 Å². The van der Waals surface area contributed by atoms with E-state index in [1.54, 1.807) is 35.1 Å². The summed E-state index contributed by atoms with van der Waals surface area (Å²) in [4.78, 5) is 11.9. The highest BCUT2D eigenvalue weighted by molar-refractivity contribution is 5.78. The van der Waals surface area contributed by atoms with Crippen LogP contribution >= 0.6 is 0 Å². The van der Waals surface area contributed by atoms with Crippen LogP contribution in [-0.4, -0.2) is 20.8 Å². The molecule has 116 valence electrons. The number of hydrogen-bond acceptors (Lipinski definition) is 3. The average molecular weight is 307 g/mol. The molecule has 0 radical (unpaired) electrons. The fourth-order valence-corrected chi connectivity index (χ4v) is 2.24. The highest BCUT2D eigenvalue weighted by Gasteiger charge is 2.05. The molecular weight excluding hydrogens is 290 g/mol. The molecule has 5 nitrogen and oxygen atoms in total. The molecule has 0 saturated carbocycles. The summed E-state index contributed by atoms with van der Waals surface area (Å²) in [6, 6.07) is 16.4. The third-order valence-electron chi connectivity index (χ3n) is 3.45. The van der Waals surface area contributed by atoms with Crippen LogP contribution in [0.25, 0.3) is 5.69 Å². The molecule has 0 aliphatic carbocycles. The monoisotopic (exact) mass is 307 g/mol. The Labute approximate surface area is 134 Å². The Hall–Kier alpha value is -3.08. The Kier molecular flexibility index (Phi) is 4.38. The van der Waals surface area contributed by atoms with Gasteiger partial charge in [0.2, 0.25) is 5.91 Å². The van der Waals surface area contributed by atoms with Gasteiger partial charge in [0.05, 0.1) is 18.3 Å². The first-order valence-electron chi connectivity index (χ1n) is 7.34. The lowest BCUT2D eigenvalue weighted by Gasteiger charge is -2.04. The van der Waals surface area contributed by atoms with Crippen LogP contribution in [-0.2, 0) is 17.8 Å². The lowest BCUT2D eigenvalue weighted by molar-refractivity contribution is -0.120. The number of aromatic nitrogens is 2. The Morgan fingerprint density at radius 3 is 2.52 bits per heavy atom. The average Bonchev–Trinajstić information content (AvgIpc) is 3.05. The van der Waals surface area contributed by atoms with Gasteiger partial charge in [0, 0.05) is 18.3 Å². The zero-order valence-electron chi connectivity index (χ0n) is 12.5. The van der Waals surface area contributed by atoms with Crippen molar-refractivity contribution in [3.05, 3.63) is 78.1 Å². The van der Waals surface area contributed by atoms with Crippen molar-refractivity contribution in [2.45, 2.75) is 13.0 Å². The van der Waals surface area contributed by atoms with Gasteiger partial charge in [-0.2, -0.15) is 5.10 Å². The van der Waals surface area contributed by atoms with Crippen LogP contribution in [0.3, 0.4) is 0 Å². The van der Waals surface area contributed by atoms with E-state index >= 15 is 0 Å². The van der Waals surface area contributed by atoms with E-state index in [9.17, 15) is 9.90 Å². The van der Waals surface area contributed by atoms with Crippen molar-refractivity contribution in [3.63, 3.8) is 0 Å². The molecule has 3 rings (SSSR count). The highest BCUT2D eigenvalue weighted by atomic mass is 16.3. The van der Waals surface area contributed by atoms with Crippen LogP contribution in [0.1, 0.15) is 11.1 Å². The topological polar surface area (TPSA) is 67.2 Å². The van der Waals surface area contributed by atoms with Crippen LogP contribution in [0, 0.1) is 0 Å². The van der Waals surface area contributed by atoms with Gasteiger partial charge in [-0.15, -0.1) is 0 Å². The minimum atomic E-state index is -0.0665. The van der Waals surface area contributed by atoms with E-state index in [0.717, 1.165) is 16.8 Å². The number of phenols is 1. The molecule has 0 atom stereocenters. The normalized spacial score (nSPS) is 10.4. The minimum Gasteiger partial charge on any atom is -0.508 e. The van der Waals surface area contributed by atoms with Gasteiger partial charge in [-0.1, -0.05) is 30.3 Å². The van der Waals surface area contributed by atoms with E-state index in [-0.39, 0.29) is 18.1 Å². The molecule has 3 aromatic rings. The zero-order valence-corrected chi connectivity index (χ0v) is 12.5. The molecule has 0 bridgehead atoms. The SMILES string of the molecule is O=C(Cc1ccc(O)cc1)NCc1cnn(-c2ccccc2)c1. The Balaban J connectivity index is 1.55. The molecule has 2 N–H and O–H groups in total. The van der Waals surface area contributed by atoms with Crippen molar-refractivity contribution < 1.29 is 9.90 Å². The van der Waals surface area contributed by atoms with E-state index in [0.29, 0.717) is 6.54 Å². The van der Waals surface area contributed by atoms with Gasteiger partial charge in [-0.05, 0) is 29.8 Å². The van der Waals surface area contributed by atoms with E-state index in [2.05, 4.69) is 10.4 Å². The number of nitrogens with one attached hydrogen (secondary N) is 1. The summed E-state index contributed by atoms with van der Waals surface area (Å²) in [5, 5.41) is 16.4. The molecule has 2 aromatic carbocycles. The molecule has 23 heavy (non-hydrogen) atoms. The molecule has 1 aromatic heterocycles. The molecule has 0 aliphatic rings. The smallest absolute Gasteiger partial charge is 0.224 e. The third kappa shape index (κ3) is 3.97. The second kappa shape index (κ2) is 6.79. The van der Waals surface area contributed by atoms with Crippen LogP contribution in [0.15, 0.2) is 67.0 Å². The quantitative estimate of drug-likeness (QED) is 0.761. The maximum absolute atomic E-state index is 11.9. The third-order valence-corrected chi connectivity index (χ3v) is 3.45. The fourth-order valence-electron chi connectivity index (χ4n) is 2.24. The van der Waals surface area contributed by atoms with Gasteiger partial charge in [-0.3, -0.25) is 4.79 Å². The predicted molar refractivity (Wildman–Crippen MR) is 87.2 cm³/mol. The number of aromatic hydroxyl groups is 1. The second-order valence-corrected chi connectivity index (χ2v) is 5.25. The number of benzene rings is 2. The van der Waals surface area contributed by atoms with Gasteiger partial charge in [0.1, 0.15) is 5.75 Å². The number of para-hydroxylation sites is 1. The van der Waals surface area contributed by atoms with Gasteiger partial charge >= 0.3 is 0 Å². The van der Waals surface area contributed by atoms with Crippen molar-refractivity contribution in [1.29, 1.82) is 0 Å². The lowest BCUT2D eigenvalue weighted by atomic mass is 10.1. The number of carbonyl (C=O) groups is 1. The first-order valence-corrected chi connectivity index (χ1v) is 7.34. The summed E-state index contributed by atoms with van der Waals surface area (Å²) in [7, 11) is 0. The number of rotatable bonds is 5. The molecule has 1 amide bonds. The molecule has 0 fully saturated rings. The van der Waals surface area contributed by atoms with Crippen molar-refractivity contribution >= 4 is 5.91 Å². The molecule has 0 aliphatic heterocycles. The van der Waals surface area contributed by atoms with Crippen molar-refractivity contribution in [2.24, 2.45) is 0 Å². The maximum Gasteiger partial charge on any atom is 0.224 e. The molecule has 5 heteroatoms. The van der Waals surface area contributed by atoms with Gasteiger partial charge in [-0.25, -0.2) is 4.68 Å². The summed E-state index contributed by atoms with van der Waals surface area (Å²) in [6.07, 6.45) is 3.93. The Morgan fingerprint density at radius 2 is 1.78 bits per heavy atom. The molecule has 0 saturated heterocycles. The van der Waals surface area contributed by atoms with Crippen LogP contribution < -0.4 is 5.32 Å². The number of phenolic OH excluding ortho intramolecular Hbond substituents is 1. The first kappa shape index (κ1) is 14.8. The predicted octanol–water partition coefficient (Wildman–Crippen LogP) is 2.44. The van der Waals surface area contributed by atoms with Gasteiger partial charge in [0.25, 0.3) is 0 Å². The van der Waals surface area contributed by atoms with E-state index in [4.69, 9.17) is 0 Å². The lowest BCUT2D eigenvalue weighted by Crippen LogP contribution is -2.24. The standard InChI is InChI=1S/C18H17N3O2/c22-17-8-6-14(7-9-17)10-18(23)19-11-15-12-20-21(13-15)16-4-2-1-3-5-16/h1-9,12-13,22H,10-11H2,(H,19,23). The Morgan fingerprint density at radius 1 is 1.04 bits per heavy atom. The largest absolute Gasteiger partial charge is 0.508 e. The summed E-state index contributed by atoms with van der Waals surface area (Å²) < 4.78 is 1.78. The van der Waals surface area contributed by atoms with Crippen LogP contribution in [0.4, 0.5) is 0 Å². The number of carbonyl (C=O) groups excluding carboxylic acids is 1. The summed E-state index contributed by atoms with van der Waals surface area (Å²) in [5.41, 5.74) is 2.78. The van der Waals surface area contributed by atoms with Crippen molar-refractivity contribution in [1.82, 2.24) is 15.1 Å². The number of amides is 1. The number of nitrogens with zero attached hydrogens (tertiary/aromatic N) is 2. The van der Waals surface area contributed by atoms with Crippen molar-refractivity contribution in [3.8, 4) is 11.4 Å². The molecule has 1 heterocycles.